The maximum Gasteiger partial charge on any atom is 0.408 e. The second kappa shape index (κ2) is 6.97. The van der Waals surface area contributed by atoms with Gasteiger partial charge in [0.15, 0.2) is 0 Å². The maximum absolute atomic E-state index is 12.7. The summed E-state index contributed by atoms with van der Waals surface area (Å²) in [6, 6.07) is 8.67. The number of ether oxygens (including phenoxy) is 2. The van der Waals surface area contributed by atoms with Gasteiger partial charge in [-0.15, -0.1) is 0 Å². The van der Waals surface area contributed by atoms with E-state index in [1.165, 1.54) is 0 Å². The summed E-state index contributed by atoms with van der Waals surface area (Å²) in [6.45, 7) is 0.705. The Labute approximate surface area is 151 Å². The van der Waals surface area contributed by atoms with Gasteiger partial charge in [0.2, 0.25) is 5.91 Å². The maximum atomic E-state index is 12.7. The quantitative estimate of drug-likeness (QED) is 0.827. The van der Waals surface area contributed by atoms with Gasteiger partial charge in [-0.05, 0) is 31.2 Å². The third-order valence-corrected chi connectivity index (χ3v) is 5.50. The molecule has 3 aliphatic rings. The lowest BCUT2D eigenvalue weighted by Gasteiger charge is -2.33. The number of esters is 1. The number of likely N-dealkylation sites (tertiary alicyclic amines) is 1. The first-order chi connectivity index (χ1) is 12.6. The van der Waals surface area contributed by atoms with Crippen molar-refractivity contribution in [3.05, 3.63) is 35.9 Å². The number of fused-ring (bicyclic) bond motifs is 2. The number of alkyl carbamates (subject to hydrolysis) is 1. The van der Waals surface area contributed by atoms with Crippen molar-refractivity contribution in [3.63, 3.8) is 0 Å². The number of nitrogens with one attached hydrogen (secondary N) is 1. The van der Waals surface area contributed by atoms with Crippen LogP contribution in [0.3, 0.4) is 0 Å². The summed E-state index contributed by atoms with van der Waals surface area (Å²) in [7, 11) is 0. The van der Waals surface area contributed by atoms with Crippen molar-refractivity contribution in [1.82, 2.24) is 10.2 Å². The number of rotatable bonds is 4. The van der Waals surface area contributed by atoms with Crippen LogP contribution in [0.5, 0.6) is 0 Å². The minimum Gasteiger partial charge on any atom is -0.462 e. The number of carbonyl (C=O) groups excluding carboxylic acids is 3. The van der Waals surface area contributed by atoms with E-state index in [9.17, 15) is 14.4 Å². The minimum absolute atomic E-state index is 0.0170. The van der Waals surface area contributed by atoms with E-state index in [0.29, 0.717) is 19.4 Å². The fraction of sp³-hybridized carbons (Fsp3) is 0.526. The van der Waals surface area contributed by atoms with Crippen LogP contribution in [0.4, 0.5) is 4.79 Å². The summed E-state index contributed by atoms with van der Waals surface area (Å²) in [5.41, 5.74) is 0.888. The standard InChI is InChI=1S/C19H22N2O5/c22-17-15(20-19(24)25-11-12-4-2-1-3-5-12)8-9-21(17)16-7-6-13-10-14(16)18(23)26-13/h1-5,13-16H,6-11H2,(H,20,24)/t13-,14-,15+,16+/m1/s1. The van der Waals surface area contributed by atoms with E-state index < -0.39 is 12.1 Å². The molecule has 1 aliphatic carbocycles. The molecule has 2 saturated heterocycles. The van der Waals surface area contributed by atoms with E-state index in [0.717, 1.165) is 18.4 Å². The molecule has 0 aromatic heterocycles. The highest BCUT2D eigenvalue weighted by Gasteiger charge is 2.49. The summed E-state index contributed by atoms with van der Waals surface area (Å²) in [5, 5.41) is 2.65. The third-order valence-electron chi connectivity index (χ3n) is 5.50. The van der Waals surface area contributed by atoms with Crippen molar-refractivity contribution in [2.24, 2.45) is 5.92 Å². The molecule has 1 aromatic carbocycles. The second-order valence-corrected chi connectivity index (χ2v) is 7.12. The van der Waals surface area contributed by atoms with Crippen molar-refractivity contribution in [2.45, 2.75) is 50.5 Å². The first-order valence-electron chi connectivity index (χ1n) is 9.10. The Bertz CT molecular complexity index is 707. The Morgan fingerprint density at radius 2 is 2.00 bits per heavy atom. The number of amides is 2. The summed E-state index contributed by atoms with van der Waals surface area (Å²) >= 11 is 0. The molecule has 1 saturated carbocycles. The fourth-order valence-electron chi connectivity index (χ4n) is 4.17. The van der Waals surface area contributed by atoms with Crippen LogP contribution in [0.2, 0.25) is 0 Å². The van der Waals surface area contributed by atoms with E-state index in [1.54, 1.807) is 4.90 Å². The Morgan fingerprint density at radius 3 is 2.81 bits per heavy atom. The monoisotopic (exact) mass is 358 g/mol. The number of nitrogens with zero attached hydrogens (tertiary/aromatic N) is 1. The largest absolute Gasteiger partial charge is 0.462 e. The van der Waals surface area contributed by atoms with Gasteiger partial charge < -0.3 is 19.7 Å². The predicted molar refractivity (Wildman–Crippen MR) is 90.9 cm³/mol. The van der Waals surface area contributed by atoms with Gasteiger partial charge in [-0.1, -0.05) is 30.3 Å². The molecule has 1 N–H and O–H groups in total. The minimum atomic E-state index is -0.599. The summed E-state index contributed by atoms with van der Waals surface area (Å²) in [5.74, 6) is -0.546. The molecular weight excluding hydrogens is 336 g/mol. The zero-order valence-electron chi connectivity index (χ0n) is 14.4. The Hall–Kier alpha value is -2.57. The summed E-state index contributed by atoms with van der Waals surface area (Å²) in [6.07, 6.45) is 2.22. The van der Waals surface area contributed by atoms with Crippen LogP contribution in [0, 0.1) is 5.92 Å². The number of hydrogen-bond acceptors (Lipinski definition) is 5. The van der Waals surface area contributed by atoms with Crippen LogP contribution in [-0.2, 0) is 25.7 Å². The summed E-state index contributed by atoms with van der Waals surface area (Å²) < 4.78 is 10.5. The molecule has 7 heteroatoms. The van der Waals surface area contributed by atoms with Crippen LogP contribution >= 0.6 is 0 Å². The normalized spacial score (nSPS) is 30.2. The smallest absolute Gasteiger partial charge is 0.408 e. The van der Waals surface area contributed by atoms with Gasteiger partial charge in [0, 0.05) is 12.6 Å². The molecule has 7 nitrogen and oxygen atoms in total. The van der Waals surface area contributed by atoms with Crippen molar-refractivity contribution in [3.8, 4) is 0 Å². The number of carbonyl (C=O) groups is 3. The zero-order valence-corrected chi connectivity index (χ0v) is 14.4. The van der Waals surface area contributed by atoms with Crippen LogP contribution in [0.15, 0.2) is 30.3 Å². The Balaban J connectivity index is 1.31. The predicted octanol–water partition coefficient (Wildman–Crippen LogP) is 1.61. The lowest BCUT2D eigenvalue weighted by molar-refractivity contribution is -0.145. The lowest BCUT2D eigenvalue weighted by atomic mass is 9.84. The van der Waals surface area contributed by atoms with E-state index in [-0.39, 0.29) is 36.5 Å². The van der Waals surface area contributed by atoms with E-state index in [4.69, 9.17) is 9.47 Å². The first-order valence-corrected chi connectivity index (χ1v) is 9.10. The lowest BCUT2D eigenvalue weighted by Crippen LogP contribution is -2.48. The van der Waals surface area contributed by atoms with Crippen molar-refractivity contribution >= 4 is 18.0 Å². The van der Waals surface area contributed by atoms with Gasteiger partial charge in [0.05, 0.1) is 5.92 Å². The van der Waals surface area contributed by atoms with E-state index in [2.05, 4.69) is 5.32 Å². The van der Waals surface area contributed by atoms with Crippen molar-refractivity contribution in [2.75, 3.05) is 6.54 Å². The highest BCUT2D eigenvalue weighted by molar-refractivity contribution is 5.88. The van der Waals surface area contributed by atoms with Crippen LogP contribution in [0.25, 0.3) is 0 Å². The molecule has 0 unspecified atom stereocenters. The molecule has 2 aliphatic heterocycles. The third kappa shape index (κ3) is 3.25. The second-order valence-electron chi connectivity index (χ2n) is 7.12. The fourth-order valence-corrected chi connectivity index (χ4v) is 4.17. The SMILES string of the molecule is O=C(N[C@H]1CCN([C@H]2CC[C@@H]3C[C@H]2C(=O)O3)C1=O)OCc1ccccc1. The Morgan fingerprint density at radius 1 is 1.19 bits per heavy atom. The molecule has 1 aromatic rings. The average Bonchev–Trinajstić information content (AvgIpc) is 3.15. The van der Waals surface area contributed by atoms with E-state index in [1.807, 2.05) is 30.3 Å². The molecule has 26 heavy (non-hydrogen) atoms. The van der Waals surface area contributed by atoms with Crippen LogP contribution in [-0.4, -0.2) is 47.6 Å². The van der Waals surface area contributed by atoms with Crippen LogP contribution in [0.1, 0.15) is 31.2 Å². The number of benzene rings is 1. The molecule has 0 spiro atoms. The van der Waals surface area contributed by atoms with E-state index >= 15 is 0 Å². The Kier molecular flexibility index (Phi) is 4.53. The highest BCUT2D eigenvalue weighted by atomic mass is 16.6. The molecule has 2 heterocycles. The van der Waals surface area contributed by atoms with Crippen molar-refractivity contribution in [1.29, 1.82) is 0 Å². The molecule has 2 amide bonds. The first kappa shape index (κ1) is 16.9. The number of hydrogen-bond donors (Lipinski definition) is 1. The van der Waals surface area contributed by atoms with Gasteiger partial charge in [-0.3, -0.25) is 9.59 Å². The van der Waals surface area contributed by atoms with Gasteiger partial charge in [-0.25, -0.2) is 4.79 Å². The zero-order chi connectivity index (χ0) is 18.1. The van der Waals surface area contributed by atoms with Crippen LogP contribution < -0.4 is 5.32 Å². The van der Waals surface area contributed by atoms with Crippen molar-refractivity contribution < 1.29 is 23.9 Å². The highest BCUT2D eigenvalue weighted by Crippen LogP contribution is 2.38. The molecule has 2 bridgehead atoms. The van der Waals surface area contributed by atoms with Gasteiger partial charge >= 0.3 is 12.1 Å². The van der Waals surface area contributed by atoms with Gasteiger partial charge in [0.1, 0.15) is 18.8 Å². The average molecular weight is 358 g/mol. The topological polar surface area (TPSA) is 84.9 Å². The molecule has 3 fully saturated rings. The van der Waals surface area contributed by atoms with Gasteiger partial charge in [0.25, 0.3) is 0 Å². The molecule has 0 radical (unpaired) electrons. The molecule has 138 valence electrons. The molecular formula is C19H22N2O5. The van der Waals surface area contributed by atoms with Gasteiger partial charge in [-0.2, -0.15) is 0 Å². The summed E-state index contributed by atoms with van der Waals surface area (Å²) in [4.78, 5) is 38.4. The molecule has 4 atom stereocenters. The molecule has 4 rings (SSSR count).